The van der Waals surface area contributed by atoms with Crippen LogP contribution in [-0.2, 0) is 0 Å². The Labute approximate surface area is 152 Å². The summed E-state index contributed by atoms with van der Waals surface area (Å²) in [5, 5.41) is 14.9. The van der Waals surface area contributed by atoms with E-state index < -0.39 is 5.91 Å². The van der Waals surface area contributed by atoms with Gasteiger partial charge in [0.2, 0.25) is 0 Å². The highest BCUT2D eigenvalue weighted by molar-refractivity contribution is 9.10. The summed E-state index contributed by atoms with van der Waals surface area (Å²) in [6, 6.07) is 17.9. The number of anilines is 3. The van der Waals surface area contributed by atoms with Crippen molar-refractivity contribution in [1.29, 1.82) is 5.26 Å². The van der Waals surface area contributed by atoms with E-state index in [1.54, 1.807) is 30.3 Å². The van der Waals surface area contributed by atoms with Gasteiger partial charge in [0.1, 0.15) is 23.9 Å². The van der Waals surface area contributed by atoms with Crippen LogP contribution in [0.25, 0.3) is 0 Å². The predicted molar refractivity (Wildman–Crippen MR) is 98.6 cm³/mol. The minimum Gasteiger partial charge on any atom is -0.339 e. The van der Waals surface area contributed by atoms with E-state index in [0.29, 0.717) is 17.1 Å². The van der Waals surface area contributed by atoms with Crippen LogP contribution in [0.15, 0.2) is 65.4 Å². The van der Waals surface area contributed by atoms with Crippen LogP contribution in [0.4, 0.5) is 17.2 Å². The summed E-state index contributed by atoms with van der Waals surface area (Å²) in [5.74, 6) is 0.0703. The molecule has 0 fully saturated rings. The first-order valence-corrected chi connectivity index (χ1v) is 8.11. The Hall–Kier alpha value is -3.24. The second-order valence-electron chi connectivity index (χ2n) is 5.00. The summed E-state index contributed by atoms with van der Waals surface area (Å²) in [5.41, 5.74) is 1.84. The summed E-state index contributed by atoms with van der Waals surface area (Å²) >= 11 is 3.45. The van der Waals surface area contributed by atoms with Crippen LogP contribution in [0.3, 0.4) is 0 Å². The topological polar surface area (TPSA) is 90.7 Å². The zero-order valence-corrected chi connectivity index (χ0v) is 14.5. The highest BCUT2D eigenvalue weighted by atomic mass is 79.9. The van der Waals surface area contributed by atoms with Crippen molar-refractivity contribution < 1.29 is 4.79 Å². The number of carbonyl (C=O) groups excluding carboxylic acids is 1. The van der Waals surface area contributed by atoms with Gasteiger partial charge in [0.25, 0.3) is 5.91 Å². The molecule has 2 N–H and O–H groups in total. The smallest absolute Gasteiger partial charge is 0.274 e. The highest BCUT2D eigenvalue weighted by Crippen LogP contribution is 2.24. The molecule has 122 valence electrons. The number of nitriles is 1. The van der Waals surface area contributed by atoms with Gasteiger partial charge in [-0.1, -0.05) is 24.3 Å². The molecule has 1 amide bonds. The van der Waals surface area contributed by atoms with Crippen molar-refractivity contribution in [3.05, 3.63) is 76.7 Å². The zero-order valence-electron chi connectivity index (χ0n) is 12.9. The van der Waals surface area contributed by atoms with Gasteiger partial charge < -0.3 is 10.6 Å². The number of hydrogen-bond donors (Lipinski definition) is 2. The molecule has 6 nitrogen and oxygen atoms in total. The zero-order chi connectivity index (χ0) is 17.6. The van der Waals surface area contributed by atoms with Gasteiger partial charge in [-0.15, -0.1) is 0 Å². The predicted octanol–water partition coefficient (Wildman–Crippen LogP) is 4.11. The van der Waals surface area contributed by atoms with Crippen molar-refractivity contribution in [2.24, 2.45) is 0 Å². The number of nitrogens with zero attached hydrogens (tertiary/aromatic N) is 3. The Kier molecular flexibility index (Phi) is 5.02. The van der Waals surface area contributed by atoms with Gasteiger partial charge in [0.05, 0.1) is 16.9 Å². The van der Waals surface area contributed by atoms with Crippen molar-refractivity contribution in [3.63, 3.8) is 0 Å². The summed E-state index contributed by atoms with van der Waals surface area (Å²) in [6.45, 7) is 0. The number of carbonyl (C=O) groups is 1. The molecule has 0 spiro atoms. The molecule has 0 aliphatic heterocycles. The van der Waals surface area contributed by atoms with Crippen molar-refractivity contribution >= 4 is 39.0 Å². The number of benzene rings is 2. The number of amides is 1. The average Bonchev–Trinajstić information content (AvgIpc) is 2.64. The molecule has 0 saturated heterocycles. The fraction of sp³-hybridized carbons (Fsp3) is 0. The minimum absolute atomic E-state index is 0.192. The monoisotopic (exact) mass is 393 g/mol. The van der Waals surface area contributed by atoms with Crippen LogP contribution in [0, 0.1) is 11.3 Å². The Morgan fingerprint density at radius 2 is 1.76 bits per heavy atom. The van der Waals surface area contributed by atoms with E-state index in [1.807, 2.05) is 30.3 Å². The van der Waals surface area contributed by atoms with Crippen LogP contribution < -0.4 is 10.6 Å². The quantitative estimate of drug-likeness (QED) is 0.695. The van der Waals surface area contributed by atoms with E-state index >= 15 is 0 Å². The molecular weight excluding hydrogens is 382 g/mol. The molecule has 0 radical (unpaired) electrons. The fourth-order valence-electron chi connectivity index (χ4n) is 2.13. The maximum Gasteiger partial charge on any atom is 0.274 e. The Balaban J connectivity index is 1.80. The van der Waals surface area contributed by atoms with E-state index in [4.69, 9.17) is 5.26 Å². The third-order valence-electron chi connectivity index (χ3n) is 3.33. The second kappa shape index (κ2) is 7.55. The van der Waals surface area contributed by atoms with Gasteiger partial charge in [-0.05, 0) is 40.2 Å². The third-order valence-corrected chi connectivity index (χ3v) is 4.02. The standard InChI is InChI=1S/C18H12BrN5O/c19-13-6-2-4-8-15(13)23-17-9-16(21-11-22-17)18(25)24-14-7-3-1-5-12(14)10-20/h1-9,11H,(H,24,25)(H,21,22,23). The number of rotatable bonds is 4. The van der Waals surface area contributed by atoms with E-state index in [1.165, 1.54) is 6.33 Å². The molecule has 3 aromatic rings. The normalized spacial score (nSPS) is 9.92. The van der Waals surface area contributed by atoms with E-state index in [9.17, 15) is 4.79 Å². The Bertz CT molecular complexity index is 967. The highest BCUT2D eigenvalue weighted by Gasteiger charge is 2.12. The number of para-hydroxylation sites is 2. The second-order valence-corrected chi connectivity index (χ2v) is 5.86. The molecule has 0 saturated carbocycles. The number of hydrogen-bond acceptors (Lipinski definition) is 5. The first-order chi connectivity index (χ1) is 12.2. The maximum atomic E-state index is 12.4. The number of aromatic nitrogens is 2. The van der Waals surface area contributed by atoms with Crippen LogP contribution in [0.1, 0.15) is 16.1 Å². The molecule has 7 heteroatoms. The molecule has 1 heterocycles. The lowest BCUT2D eigenvalue weighted by Crippen LogP contribution is -2.15. The summed E-state index contributed by atoms with van der Waals surface area (Å²) in [7, 11) is 0. The van der Waals surface area contributed by atoms with Crippen LogP contribution in [0.5, 0.6) is 0 Å². The SMILES string of the molecule is N#Cc1ccccc1NC(=O)c1cc(Nc2ccccc2Br)ncn1. The molecule has 0 atom stereocenters. The summed E-state index contributed by atoms with van der Waals surface area (Å²) in [4.78, 5) is 20.5. The Morgan fingerprint density at radius 3 is 2.52 bits per heavy atom. The lowest BCUT2D eigenvalue weighted by molar-refractivity contribution is 0.102. The van der Waals surface area contributed by atoms with Crippen LogP contribution in [0.2, 0.25) is 0 Å². The Morgan fingerprint density at radius 1 is 1.04 bits per heavy atom. The molecule has 0 bridgehead atoms. The molecule has 25 heavy (non-hydrogen) atoms. The lowest BCUT2D eigenvalue weighted by Gasteiger charge is -2.09. The lowest BCUT2D eigenvalue weighted by atomic mass is 10.2. The van der Waals surface area contributed by atoms with Gasteiger partial charge in [-0.3, -0.25) is 4.79 Å². The van der Waals surface area contributed by atoms with Gasteiger partial charge in [0, 0.05) is 10.5 Å². The number of halogens is 1. The molecule has 1 aromatic heterocycles. The van der Waals surface area contributed by atoms with Crippen molar-refractivity contribution in [1.82, 2.24) is 9.97 Å². The van der Waals surface area contributed by atoms with Gasteiger partial charge in [0.15, 0.2) is 0 Å². The van der Waals surface area contributed by atoms with E-state index in [-0.39, 0.29) is 5.69 Å². The largest absolute Gasteiger partial charge is 0.339 e. The first kappa shape index (κ1) is 16.6. The molecule has 2 aromatic carbocycles. The molecule has 3 rings (SSSR count). The van der Waals surface area contributed by atoms with Gasteiger partial charge in [-0.2, -0.15) is 5.26 Å². The van der Waals surface area contributed by atoms with Crippen LogP contribution >= 0.6 is 15.9 Å². The van der Waals surface area contributed by atoms with Crippen molar-refractivity contribution in [2.45, 2.75) is 0 Å². The fourth-order valence-corrected chi connectivity index (χ4v) is 2.51. The van der Waals surface area contributed by atoms with E-state index in [2.05, 4.69) is 36.5 Å². The number of nitrogens with one attached hydrogen (secondary N) is 2. The maximum absolute atomic E-state index is 12.4. The van der Waals surface area contributed by atoms with Crippen molar-refractivity contribution in [3.8, 4) is 6.07 Å². The van der Waals surface area contributed by atoms with Gasteiger partial charge >= 0.3 is 0 Å². The molecule has 0 unspecified atom stereocenters. The third kappa shape index (κ3) is 4.00. The van der Waals surface area contributed by atoms with Crippen LogP contribution in [-0.4, -0.2) is 15.9 Å². The molecule has 0 aliphatic rings. The molecular formula is C18H12BrN5O. The van der Waals surface area contributed by atoms with E-state index in [0.717, 1.165) is 10.2 Å². The first-order valence-electron chi connectivity index (χ1n) is 7.31. The van der Waals surface area contributed by atoms with Gasteiger partial charge in [-0.25, -0.2) is 9.97 Å². The summed E-state index contributed by atoms with van der Waals surface area (Å²) < 4.78 is 0.877. The van der Waals surface area contributed by atoms with Crippen molar-refractivity contribution in [2.75, 3.05) is 10.6 Å². The average molecular weight is 394 g/mol. The minimum atomic E-state index is -0.416. The summed E-state index contributed by atoms with van der Waals surface area (Å²) in [6.07, 6.45) is 1.31. The molecule has 0 aliphatic carbocycles.